The van der Waals surface area contributed by atoms with Crippen LogP contribution in [0.15, 0.2) is 35.8 Å². The van der Waals surface area contributed by atoms with Crippen LogP contribution in [0.5, 0.6) is 0 Å². The molecule has 0 N–H and O–H groups in total. The van der Waals surface area contributed by atoms with E-state index >= 15 is 0 Å². The number of pyridine rings is 1. The molecule has 1 unspecified atom stereocenters. The van der Waals surface area contributed by atoms with Gasteiger partial charge in [-0.3, -0.25) is 4.90 Å². The Bertz CT molecular complexity index is 866. The number of likely N-dealkylation sites (tertiary alicyclic amines) is 1. The molecule has 0 aromatic carbocycles. The minimum absolute atomic E-state index is 0.443. The fraction of sp³-hybridized carbons (Fsp3) is 0.500. The molecule has 0 amide bonds. The van der Waals surface area contributed by atoms with E-state index < -0.39 is 0 Å². The van der Waals surface area contributed by atoms with Gasteiger partial charge in [-0.1, -0.05) is 6.07 Å². The van der Waals surface area contributed by atoms with Crippen LogP contribution >= 0.6 is 11.3 Å². The maximum atomic E-state index is 4.85. The summed E-state index contributed by atoms with van der Waals surface area (Å²) in [6.07, 6.45) is 7.16. The highest BCUT2D eigenvalue weighted by molar-refractivity contribution is 7.09. The first-order valence-corrected chi connectivity index (χ1v) is 10.6. The molecule has 6 heteroatoms. The third kappa shape index (κ3) is 3.23. The summed E-state index contributed by atoms with van der Waals surface area (Å²) in [5.74, 6) is 1.46. The summed E-state index contributed by atoms with van der Waals surface area (Å²) in [6, 6.07) is 8.69. The van der Waals surface area contributed by atoms with Gasteiger partial charge in [-0.2, -0.15) is 5.10 Å². The van der Waals surface area contributed by atoms with Crippen LogP contribution < -0.4 is 4.90 Å². The predicted molar refractivity (Wildman–Crippen MR) is 106 cm³/mol. The molecule has 5 heterocycles. The van der Waals surface area contributed by atoms with E-state index in [9.17, 15) is 0 Å². The Hall–Kier alpha value is -1.92. The molecule has 3 aromatic heterocycles. The van der Waals surface area contributed by atoms with E-state index in [-0.39, 0.29) is 0 Å². The van der Waals surface area contributed by atoms with Crippen molar-refractivity contribution in [1.29, 1.82) is 0 Å². The molecule has 0 spiro atoms. The highest BCUT2D eigenvalue weighted by Gasteiger charge is 2.25. The molecule has 0 saturated carbocycles. The fourth-order valence-electron chi connectivity index (χ4n) is 4.26. The van der Waals surface area contributed by atoms with E-state index in [0.29, 0.717) is 5.92 Å². The molecular formula is C20H25N5S. The lowest BCUT2D eigenvalue weighted by atomic mass is 9.97. The zero-order valence-electron chi connectivity index (χ0n) is 15.0. The third-order valence-electron chi connectivity index (χ3n) is 5.63. The van der Waals surface area contributed by atoms with Gasteiger partial charge in [-0.25, -0.2) is 9.50 Å². The Morgan fingerprint density at radius 1 is 1.08 bits per heavy atom. The average Bonchev–Trinajstić information content (AvgIpc) is 3.42. The van der Waals surface area contributed by atoms with Crippen molar-refractivity contribution in [1.82, 2.24) is 19.5 Å². The molecular weight excluding hydrogens is 342 g/mol. The van der Waals surface area contributed by atoms with Gasteiger partial charge in [-0.05, 0) is 55.8 Å². The van der Waals surface area contributed by atoms with Gasteiger partial charge in [0.2, 0.25) is 0 Å². The SMILES string of the molecule is c1csc(CN2CCCC(c3nc4ccc(N5CCCC5)cn4n3)C2)c1. The summed E-state index contributed by atoms with van der Waals surface area (Å²) in [7, 11) is 0. The van der Waals surface area contributed by atoms with Crippen molar-refractivity contribution in [3.8, 4) is 0 Å². The van der Waals surface area contributed by atoms with Gasteiger partial charge < -0.3 is 4.90 Å². The highest BCUT2D eigenvalue weighted by atomic mass is 32.1. The van der Waals surface area contributed by atoms with Gasteiger partial charge in [0.1, 0.15) is 0 Å². The first-order valence-electron chi connectivity index (χ1n) is 9.71. The number of nitrogens with zero attached hydrogens (tertiary/aromatic N) is 5. The number of thiophene rings is 1. The predicted octanol–water partition coefficient (Wildman–Crippen LogP) is 3.77. The van der Waals surface area contributed by atoms with Gasteiger partial charge in [0.25, 0.3) is 0 Å². The van der Waals surface area contributed by atoms with Gasteiger partial charge in [-0.15, -0.1) is 11.3 Å². The Balaban J connectivity index is 1.34. The molecule has 0 bridgehead atoms. The number of rotatable bonds is 4. The maximum Gasteiger partial charge on any atom is 0.156 e. The maximum absolute atomic E-state index is 4.85. The smallest absolute Gasteiger partial charge is 0.156 e. The van der Waals surface area contributed by atoms with E-state index in [1.807, 2.05) is 15.9 Å². The topological polar surface area (TPSA) is 36.7 Å². The van der Waals surface area contributed by atoms with E-state index in [4.69, 9.17) is 10.1 Å². The molecule has 136 valence electrons. The Morgan fingerprint density at radius 2 is 2.00 bits per heavy atom. The van der Waals surface area contributed by atoms with Crippen LogP contribution in [-0.2, 0) is 6.54 Å². The largest absolute Gasteiger partial charge is 0.370 e. The fourth-order valence-corrected chi connectivity index (χ4v) is 5.00. The zero-order chi connectivity index (χ0) is 17.3. The number of anilines is 1. The van der Waals surface area contributed by atoms with Crippen LogP contribution in [0, 0.1) is 0 Å². The van der Waals surface area contributed by atoms with Gasteiger partial charge in [0.15, 0.2) is 11.5 Å². The van der Waals surface area contributed by atoms with Gasteiger partial charge in [0.05, 0.1) is 11.9 Å². The van der Waals surface area contributed by atoms with Crippen LogP contribution in [0.3, 0.4) is 0 Å². The van der Waals surface area contributed by atoms with Gasteiger partial charge in [0, 0.05) is 37.0 Å². The molecule has 1 atom stereocenters. The lowest BCUT2D eigenvalue weighted by Crippen LogP contribution is -2.34. The molecule has 3 aromatic rings. The van der Waals surface area contributed by atoms with Crippen molar-refractivity contribution in [2.75, 3.05) is 31.1 Å². The first-order chi connectivity index (χ1) is 12.8. The lowest BCUT2D eigenvalue weighted by Gasteiger charge is -2.30. The van der Waals surface area contributed by atoms with Crippen molar-refractivity contribution in [2.45, 2.75) is 38.1 Å². The number of hydrogen-bond acceptors (Lipinski definition) is 5. The van der Waals surface area contributed by atoms with E-state index in [1.54, 1.807) is 0 Å². The number of hydrogen-bond donors (Lipinski definition) is 0. The second-order valence-electron chi connectivity index (χ2n) is 7.51. The Labute approximate surface area is 158 Å². The van der Waals surface area contributed by atoms with Gasteiger partial charge >= 0.3 is 0 Å². The second-order valence-corrected chi connectivity index (χ2v) is 8.54. The second kappa shape index (κ2) is 7.00. The molecule has 2 saturated heterocycles. The summed E-state index contributed by atoms with van der Waals surface area (Å²) in [5.41, 5.74) is 2.24. The number of fused-ring (bicyclic) bond motifs is 1. The molecule has 5 rings (SSSR count). The summed E-state index contributed by atoms with van der Waals surface area (Å²) in [5, 5.41) is 7.02. The zero-order valence-corrected chi connectivity index (χ0v) is 15.9. The van der Waals surface area contributed by atoms with Crippen LogP contribution in [0.2, 0.25) is 0 Å². The van der Waals surface area contributed by atoms with E-state index in [2.05, 4.69) is 45.6 Å². The van der Waals surface area contributed by atoms with Crippen LogP contribution in [0.4, 0.5) is 5.69 Å². The third-order valence-corrected chi connectivity index (χ3v) is 6.49. The highest BCUT2D eigenvalue weighted by Crippen LogP contribution is 2.27. The van der Waals surface area contributed by atoms with Crippen molar-refractivity contribution >= 4 is 22.7 Å². The molecule has 5 nitrogen and oxygen atoms in total. The number of piperidine rings is 1. The van der Waals surface area contributed by atoms with Crippen LogP contribution in [-0.4, -0.2) is 45.7 Å². The summed E-state index contributed by atoms with van der Waals surface area (Å²) in [4.78, 5) is 11.3. The molecule has 2 aliphatic rings. The minimum atomic E-state index is 0.443. The normalized spacial score (nSPS) is 21.7. The van der Waals surface area contributed by atoms with Crippen molar-refractivity contribution < 1.29 is 0 Å². The summed E-state index contributed by atoms with van der Waals surface area (Å²) in [6.45, 7) is 5.62. The Morgan fingerprint density at radius 3 is 2.85 bits per heavy atom. The molecule has 2 aliphatic heterocycles. The van der Waals surface area contributed by atoms with Crippen molar-refractivity contribution in [2.24, 2.45) is 0 Å². The Kier molecular flexibility index (Phi) is 4.38. The quantitative estimate of drug-likeness (QED) is 0.703. The molecule has 2 fully saturated rings. The van der Waals surface area contributed by atoms with Crippen molar-refractivity contribution in [3.63, 3.8) is 0 Å². The minimum Gasteiger partial charge on any atom is -0.370 e. The standard InChI is InChI=1S/C20H25N5S/c1-2-11-24(10-1)17-7-8-19-21-20(22-25(19)14-17)16-5-3-9-23(13-16)15-18-6-4-12-26-18/h4,6-8,12,14,16H,1-3,5,9-11,13,15H2. The van der Waals surface area contributed by atoms with Crippen molar-refractivity contribution in [3.05, 3.63) is 46.5 Å². The molecule has 0 radical (unpaired) electrons. The molecule has 26 heavy (non-hydrogen) atoms. The van der Waals surface area contributed by atoms with Crippen LogP contribution in [0.25, 0.3) is 5.65 Å². The summed E-state index contributed by atoms with van der Waals surface area (Å²) >= 11 is 1.85. The monoisotopic (exact) mass is 367 g/mol. The number of aromatic nitrogens is 3. The van der Waals surface area contributed by atoms with E-state index in [0.717, 1.165) is 37.7 Å². The average molecular weight is 368 g/mol. The molecule has 0 aliphatic carbocycles. The first kappa shape index (κ1) is 16.3. The van der Waals surface area contributed by atoms with Crippen LogP contribution in [0.1, 0.15) is 42.3 Å². The lowest BCUT2D eigenvalue weighted by molar-refractivity contribution is 0.198. The van der Waals surface area contributed by atoms with E-state index in [1.165, 1.54) is 42.8 Å². The summed E-state index contributed by atoms with van der Waals surface area (Å²) < 4.78 is 1.99.